The Morgan fingerprint density at radius 1 is 1.33 bits per heavy atom. The second-order valence-electron chi connectivity index (χ2n) is 4.46. The van der Waals surface area contributed by atoms with E-state index in [1.807, 2.05) is 12.1 Å². The molecule has 0 saturated heterocycles. The number of aromatic nitrogens is 1. The normalized spacial score (nSPS) is 13.1. The number of thiazole rings is 1. The number of rotatable bonds is 5. The van der Waals surface area contributed by atoms with Gasteiger partial charge in [-0.1, -0.05) is 35.1 Å². The molecule has 0 aliphatic heterocycles. The summed E-state index contributed by atoms with van der Waals surface area (Å²) in [5.74, 6) is 0.721. The average Bonchev–Trinajstić information content (AvgIpc) is 2.78. The van der Waals surface area contributed by atoms with Crippen LogP contribution in [0.1, 0.15) is 24.2 Å². The van der Waals surface area contributed by atoms with Crippen LogP contribution in [-0.2, 0) is 10.0 Å². The van der Waals surface area contributed by atoms with Gasteiger partial charge in [-0.3, -0.25) is 0 Å². The number of sulfonamides is 1. The van der Waals surface area contributed by atoms with Crippen LogP contribution >= 0.6 is 22.9 Å². The Kier molecular flexibility index (Phi) is 4.88. The molecule has 0 aliphatic rings. The van der Waals surface area contributed by atoms with Crippen LogP contribution < -0.4 is 9.46 Å². The summed E-state index contributed by atoms with van der Waals surface area (Å²) in [5.41, 5.74) is 1.24. The van der Waals surface area contributed by atoms with Gasteiger partial charge in [-0.25, -0.2) is 18.1 Å². The van der Waals surface area contributed by atoms with Crippen LogP contribution in [0.15, 0.2) is 28.5 Å². The monoisotopic (exact) mass is 346 g/mol. The molecule has 1 aromatic carbocycles. The van der Waals surface area contributed by atoms with Gasteiger partial charge in [0.25, 0.3) is 10.0 Å². The van der Waals surface area contributed by atoms with Gasteiger partial charge >= 0.3 is 0 Å². The smallest absolute Gasteiger partial charge is 0.252 e. The van der Waals surface area contributed by atoms with Crippen molar-refractivity contribution in [3.63, 3.8) is 0 Å². The van der Waals surface area contributed by atoms with E-state index >= 15 is 0 Å². The number of methoxy groups -OCH3 is 1. The van der Waals surface area contributed by atoms with E-state index in [-0.39, 0.29) is 14.7 Å². The van der Waals surface area contributed by atoms with Crippen molar-refractivity contribution in [1.82, 2.24) is 9.71 Å². The standard InChI is InChI=1S/C13H15ClN2O3S2/c1-8(10-4-6-11(19-3)7-5-10)16-21(17,18)12-9(2)15-13(14)20-12/h4-8,16H,1-3H3. The van der Waals surface area contributed by atoms with Crippen LogP contribution in [0.4, 0.5) is 0 Å². The number of hydrogen-bond acceptors (Lipinski definition) is 5. The number of benzene rings is 1. The molecule has 1 N–H and O–H groups in total. The third kappa shape index (κ3) is 3.74. The minimum absolute atomic E-state index is 0.146. The highest BCUT2D eigenvalue weighted by molar-refractivity contribution is 7.91. The SMILES string of the molecule is COc1ccc(C(C)NS(=O)(=O)c2sc(Cl)nc2C)cc1. The molecule has 0 saturated carbocycles. The second-order valence-corrected chi connectivity index (χ2v) is 7.95. The zero-order chi connectivity index (χ0) is 15.6. The number of nitrogens with one attached hydrogen (secondary N) is 1. The summed E-state index contributed by atoms with van der Waals surface area (Å²) >= 11 is 6.71. The summed E-state index contributed by atoms with van der Waals surface area (Å²) in [5, 5.41) is 0. The fourth-order valence-corrected chi connectivity index (χ4v) is 4.83. The van der Waals surface area contributed by atoms with Gasteiger partial charge in [-0.2, -0.15) is 0 Å². The van der Waals surface area contributed by atoms with E-state index in [0.717, 1.165) is 22.6 Å². The molecule has 1 aromatic heterocycles. The zero-order valence-corrected chi connectivity index (χ0v) is 14.1. The molecule has 0 bridgehead atoms. The van der Waals surface area contributed by atoms with Crippen LogP contribution in [-0.4, -0.2) is 20.5 Å². The summed E-state index contributed by atoms with van der Waals surface area (Å²) in [6.45, 7) is 3.40. The van der Waals surface area contributed by atoms with Crippen molar-refractivity contribution in [2.75, 3.05) is 7.11 Å². The summed E-state index contributed by atoms with van der Waals surface area (Å²) in [4.78, 5) is 3.93. The molecule has 1 heterocycles. The minimum Gasteiger partial charge on any atom is -0.497 e. The van der Waals surface area contributed by atoms with Crippen molar-refractivity contribution in [2.24, 2.45) is 0 Å². The first-order valence-corrected chi connectivity index (χ1v) is 8.80. The second kappa shape index (κ2) is 6.31. The van der Waals surface area contributed by atoms with Crippen LogP contribution in [0.5, 0.6) is 5.75 Å². The van der Waals surface area contributed by atoms with Gasteiger partial charge in [0, 0.05) is 6.04 Å². The highest BCUT2D eigenvalue weighted by Crippen LogP contribution is 2.28. The maximum atomic E-state index is 12.3. The van der Waals surface area contributed by atoms with Crippen LogP contribution in [0.25, 0.3) is 0 Å². The first-order chi connectivity index (χ1) is 9.83. The lowest BCUT2D eigenvalue weighted by molar-refractivity contribution is 0.414. The van der Waals surface area contributed by atoms with Gasteiger partial charge in [0.15, 0.2) is 8.68 Å². The zero-order valence-electron chi connectivity index (χ0n) is 11.8. The third-order valence-corrected chi connectivity index (χ3v) is 6.33. The molecule has 8 heteroatoms. The van der Waals surface area contributed by atoms with Crippen molar-refractivity contribution >= 4 is 33.0 Å². The maximum absolute atomic E-state index is 12.3. The lowest BCUT2D eigenvalue weighted by atomic mass is 10.1. The summed E-state index contributed by atoms with van der Waals surface area (Å²) in [7, 11) is -2.06. The van der Waals surface area contributed by atoms with E-state index in [9.17, 15) is 8.42 Å². The molecule has 21 heavy (non-hydrogen) atoms. The molecule has 1 atom stereocenters. The van der Waals surface area contributed by atoms with Crippen LogP contribution in [0, 0.1) is 6.92 Å². The highest BCUT2D eigenvalue weighted by atomic mass is 35.5. The number of ether oxygens (including phenoxy) is 1. The van der Waals surface area contributed by atoms with Crippen molar-refractivity contribution < 1.29 is 13.2 Å². The molecule has 0 radical (unpaired) electrons. The molecule has 0 fully saturated rings. The van der Waals surface area contributed by atoms with E-state index in [1.165, 1.54) is 0 Å². The number of aryl methyl sites for hydroxylation is 1. The van der Waals surface area contributed by atoms with Gasteiger partial charge < -0.3 is 4.74 Å². The first-order valence-electron chi connectivity index (χ1n) is 6.12. The predicted octanol–water partition coefficient (Wildman–Crippen LogP) is 3.15. The first kappa shape index (κ1) is 16.2. The average molecular weight is 347 g/mol. The molecular weight excluding hydrogens is 332 g/mol. The van der Waals surface area contributed by atoms with Gasteiger partial charge in [0.2, 0.25) is 0 Å². The predicted molar refractivity (Wildman–Crippen MR) is 83.6 cm³/mol. The Morgan fingerprint density at radius 2 is 1.95 bits per heavy atom. The van der Waals surface area contributed by atoms with Crippen molar-refractivity contribution in [2.45, 2.75) is 24.1 Å². The Labute approximate surface area is 133 Å². The Morgan fingerprint density at radius 3 is 2.43 bits per heavy atom. The fraction of sp³-hybridized carbons (Fsp3) is 0.308. The van der Waals surface area contributed by atoms with Crippen molar-refractivity contribution in [3.05, 3.63) is 40.0 Å². The molecule has 2 rings (SSSR count). The topological polar surface area (TPSA) is 68.3 Å². The molecule has 0 amide bonds. The van der Waals surface area contributed by atoms with Gasteiger partial charge in [0.1, 0.15) is 5.75 Å². The molecule has 0 aliphatic carbocycles. The summed E-state index contributed by atoms with van der Waals surface area (Å²) in [6.07, 6.45) is 0. The van der Waals surface area contributed by atoms with Gasteiger partial charge in [-0.15, -0.1) is 0 Å². The number of halogens is 1. The largest absolute Gasteiger partial charge is 0.497 e. The van der Waals surface area contributed by atoms with Crippen molar-refractivity contribution in [3.8, 4) is 5.75 Å². The molecular formula is C13H15ClN2O3S2. The van der Waals surface area contributed by atoms with Gasteiger partial charge in [-0.05, 0) is 31.5 Å². The fourth-order valence-electron chi connectivity index (χ4n) is 1.85. The van der Waals surface area contributed by atoms with Crippen LogP contribution in [0.3, 0.4) is 0 Å². The maximum Gasteiger partial charge on any atom is 0.252 e. The van der Waals surface area contributed by atoms with E-state index in [2.05, 4.69) is 9.71 Å². The quantitative estimate of drug-likeness (QED) is 0.903. The van der Waals surface area contributed by atoms with E-state index in [4.69, 9.17) is 16.3 Å². The molecule has 0 spiro atoms. The minimum atomic E-state index is -3.64. The van der Waals surface area contributed by atoms with Crippen LogP contribution in [0.2, 0.25) is 4.47 Å². The highest BCUT2D eigenvalue weighted by Gasteiger charge is 2.23. The van der Waals surface area contributed by atoms with Crippen molar-refractivity contribution in [1.29, 1.82) is 0 Å². The number of nitrogens with zero attached hydrogens (tertiary/aromatic N) is 1. The Bertz CT molecular complexity index is 726. The molecule has 114 valence electrons. The number of hydrogen-bond donors (Lipinski definition) is 1. The molecule has 2 aromatic rings. The third-order valence-electron chi connectivity index (χ3n) is 2.92. The molecule has 5 nitrogen and oxygen atoms in total. The lowest BCUT2D eigenvalue weighted by Crippen LogP contribution is -2.26. The lowest BCUT2D eigenvalue weighted by Gasteiger charge is -2.14. The van der Waals surface area contributed by atoms with E-state index in [1.54, 1.807) is 33.1 Å². The molecule has 1 unspecified atom stereocenters. The van der Waals surface area contributed by atoms with E-state index < -0.39 is 10.0 Å². The summed E-state index contributed by atoms with van der Waals surface area (Å²) in [6, 6.07) is 6.84. The van der Waals surface area contributed by atoms with E-state index in [0.29, 0.717) is 5.69 Å². The summed E-state index contributed by atoms with van der Waals surface area (Å²) < 4.78 is 32.8. The van der Waals surface area contributed by atoms with Gasteiger partial charge in [0.05, 0.1) is 12.8 Å². The Hall–Kier alpha value is -1.15. The Balaban J connectivity index is 2.21.